The Labute approximate surface area is 179 Å². The van der Waals surface area contributed by atoms with Crippen molar-refractivity contribution in [1.82, 2.24) is 10.2 Å². The van der Waals surface area contributed by atoms with Gasteiger partial charge in [-0.3, -0.25) is 14.5 Å². The smallest absolute Gasteiger partial charge is 0.234 e. The summed E-state index contributed by atoms with van der Waals surface area (Å²) >= 11 is 3.10. The highest BCUT2D eigenvalue weighted by Crippen LogP contribution is 2.48. The molecule has 7 heteroatoms. The van der Waals surface area contributed by atoms with Gasteiger partial charge < -0.3 is 0 Å². The summed E-state index contributed by atoms with van der Waals surface area (Å²) < 4.78 is 0.864. The highest BCUT2D eigenvalue weighted by Gasteiger charge is 2.45. The zero-order chi connectivity index (χ0) is 20.6. The van der Waals surface area contributed by atoms with E-state index in [4.69, 9.17) is 0 Å². The van der Waals surface area contributed by atoms with Gasteiger partial charge in [-0.05, 0) is 23.8 Å². The predicted octanol–water partition coefficient (Wildman–Crippen LogP) is 5.20. The summed E-state index contributed by atoms with van der Waals surface area (Å²) in [6.45, 7) is 6.30. The molecule has 0 fully saturated rings. The molecule has 0 saturated heterocycles. The van der Waals surface area contributed by atoms with E-state index >= 15 is 0 Å². The van der Waals surface area contributed by atoms with Gasteiger partial charge in [0.15, 0.2) is 10.1 Å². The Hall–Kier alpha value is -1.99. The van der Waals surface area contributed by atoms with Gasteiger partial charge in [-0.1, -0.05) is 74.2 Å². The number of amides is 1. The minimum absolute atomic E-state index is 0.00806. The summed E-state index contributed by atoms with van der Waals surface area (Å²) in [4.78, 5) is 28.2. The summed E-state index contributed by atoms with van der Waals surface area (Å²) in [5.74, 6) is 0.928. The summed E-state index contributed by atoms with van der Waals surface area (Å²) in [5, 5.41) is 9.16. The average molecular weight is 428 g/mol. The molecule has 1 amide bonds. The Morgan fingerprint density at radius 2 is 1.93 bits per heavy atom. The van der Waals surface area contributed by atoms with E-state index in [-0.39, 0.29) is 29.4 Å². The quantitative estimate of drug-likeness (QED) is 0.484. The molecule has 152 valence electrons. The van der Waals surface area contributed by atoms with Crippen molar-refractivity contribution in [3.63, 3.8) is 0 Å². The fraction of sp³-hybridized carbons (Fsp3) is 0.455. The molecule has 0 radical (unpaired) electrons. The molecule has 1 aliphatic heterocycles. The van der Waals surface area contributed by atoms with Crippen LogP contribution < -0.4 is 4.90 Å². The monoisotopic (exact) mass is 427 g/mol. The van der Waals surface area contributed by atoms with Crippen LogP contribution in [-0.2, 0) is 9.59 Å². The number of aromatic nitrogens is 2. The van der Waals surface area contributed by atoms with E-state index in [2.05, 4.69) is 31.0 Å². The fourth-order valence-electron chi connectivity index (χ4n) is 4.15. The van der Waals surface area contributed by atoms with Crippen LogP contribution in [-0.4, -0.2) is 27.6 Å². The van der Waals surface area contributed by atoms with Crippen LogP contribution in [0.5, 0.6) is 0 Å². The van der Waals surface area contributed by atoms with Crippen molar-refractivity contribution in [1.29, 1.82) is 0 Å². The van der Waals surface area contributed by atoms with E-state index in [1.54, 1.807) is 16.7 Å². The van der Waals surface area contributed by atoms with Crippen molar-refractivity contribution in [2.75, 3.05) is 10.7 Å². The number of Topliss-reactive ketones (excluding diaryl/α,β-unsaturated/α-hetero) is 1. The second-order valence-electron chi connectivity index (χ2n) is 8.40. The van der Waals surface area contributed by atoms with Gasteiger partial charge >= 0.3 is 0 Å². The molecule has 2 heterocycles. The largest absolute Gasteiger partial charge is 0.294 e. The molecule has 0 spiro atoms. The van der Waals surface area contributed by atoms with E-state index in [1.165, 1.54) is 11.3 Å². The first-order chi connectivity index (χ1) is 13.9. The first-order valence-electron chi connectivity index (χ1n) is 10.00. The number of allylic oxidation sites excluding steroid dienone is 2. The Morgan fingerprint density at radius 3 is 2.66 bits per heavy atom. The van der Waals surface area contributed by atoms with Crippen molar-refractivity contribution in [3.8, 4) is 0 Å². The maximum atomic E-state index is 13.3. The number of thioether (sulfide) groups is 1. The lowest BCUT2D eigenvalue weighted by Crippen LogP contribution is -2.43. The zero-order valence-corrected chi connectivity index (χ0v) is 18.6. The lowest BCUT2D eigenvalue weighted by Gasteiger charge is -2.41. The molecule has 4 rings (SSSR count). The van der Waals surface area contributed by atoms with E-state index in [0.717, 1.165) is 33.3 Å². The van der Waals surface area contributed by atoms with Crippen LogP contribution in [0.3, 0.4) is 0 Å². The molecule has 0 saturated carbocycles. The molecule has 2 aromatic rings. The van der Waals surface area contributed by atoms with Crippen LogP contribution in [0.15, 0.2) is 45.9 Å². The van der Waals surface area contributed by atoms with Gasteiger partial charge in [-0.15, -0.1) is 10.2 Å². The molecule has 1 atom stereocenters. The molecular formula is C22H25N3O2S2. The van der Waals surface area contributed by atoms with Crippen LogP contribution in [0, 0.1) is 5.41 Å². The van der Waals surface area contributed by atoms with Crippen molar-refractivity contribution in [2.24, 2.45) is 5.41 Å². The molecule has 1 aromatic heterocycles. The predicted molar refractivity (Wildman–Crippen MR) is 117 cm³/mol. The molecular weight excluding hydrogens is 402 g/mol. The third-order valence-electron chi connectivity index (χ3n) is 5.36. The van der Waals surface area contributed by atoms with Crippen LogP contribution in [0.2, 0.25) is 0 Å². The van der Waals surface area contributed by atoms with Gasteiger partial charge in [-0.25, -0.2) is 0 Å². The first kappa shape index (κ1) is 20.3. The fourth-order valence-corrected chi connectivity index (χ4v) is 5.96. The minimum Gasteiger partial charge on any atom is -0.294 e. The third-order valence-corrected chi connectivity index (χ3v) is 7.61. The summed E-state index contributed by atoms with van der Waals surface area (Å²) in [5.41, 5.74) is 2.45. The molecule has 29 heavy (non-hydrogen) atoms. The number of rotatable bonds is 5. The van der Waals surface area contributed by atoms with E-state index < -0.39 is 0 Å². The second-order valence-corrected chi connectivity index (χ2v) is 10.7. The SMILES string of the molecule is CCCSc1nnc(N2C(=O)C[C@@H](c3ccccc3)C3=C2CC(C)(C)CC3=O)s1. The van der Waals surface area contributed by atoms with Crippen LogP contribution in [0.4, 0.5) is 5.13 Å². The summed E-state index contributed by atoms with van der Waals surface area (Å²) in [7, 11) is 0. The molecule has 0 bridgehead atoms. The Kier molecular flexibility index (Phi) is 5.62. The molecule has 2 aliphatic rings. The van der Waals surface area contributed by atoms with Crippen LogP contribution in [0.1, 0.15) is 57.9 Å². The van der Waals surface area contributed by atoms with Crippen molar-refractivity contribution in [2.45, 2.75) is 56.7 Å². The highest BCUT2D eigenvalue weighted by atomic mass is 32.2. The second kappa shape index (κ2) is 8.03. The Morgan fingerprint density at radius 1 is 1.17 bits per heavy atom. The minimum atomic E-state index is -0.183. The number of benzene rings is 1. The third kappa shape index (κ3) is 4.03. The molecule has 1 aromatic carbocycles. The van der Waals surface area contributed by atoms with E-state index in [1.807, 2.05) is 30.3 Å². The number of nitrogens with zero attached hydrogens (tertiary/aromatic N) is 3. The van der Waals surface area contributed by atoms with E-state index in [9.17, 15) is 9.59 Å². The maximum Gasteiger partial charge on any atom is 0.234 e. The number of anilines is 1. The number of carbonyl (C=O) groups excluding carboxylic acids is 2. The maximum absolute atomic E-state index is 13.3. The summed E-state index contributed by atoms with van der Waals surface area (Å²) in [6, 6.07) is 9.90. The lowest BCUT2D eigenvalue weighted by molar-refractivity contribution is -0.121. The molecule has 1 aliphatic carbocycles. The molecule has 5 nitrogen and oxygen atoms in total. The average Bonchev–Trinajstić information content (AvgIpc) is 3.13. The Bertz CT molecular complexity index is 965. The normalized spacial score (nSPS) is 21.5. The topological polar surface area (TPSA) is 63.2 Å². The van der Waals surface area contributed by atoms with E-state index in [0.29, 0.717) is 18.0 Å². The Balaban J connectivity index is 1.80. The standard InChI is InChI=1S/C22H25N3O2S2/c1-4-10-28-21-24-23-20(29-21)25-16-12-22(2,3)13-17(26)19(16)15(11-18(25)27)14-8-6-5-7-9-14/h5-9,15H,4,10-13H2,1-3H3/t15-/m0/s1. The molecule has 0 N–H and O–H groups in total. The van der Waals surface area contributed by atoms with Gasteiger partial charge in [0, 0.05) is 35.8 Å². The van der Waals surface area contributed by atoms with Crippen molar-refractivity contribution >= 4 is 39.9 Å². The van der Waals surface area contributed by atoms with Gasteiger partial charge in [0.2, 0.25) is 11.0 Å². The highest BCUT2D eigenvalue weighted by molar-refractivity contribution is 8.01. The van der Waals surface area contributed by atoms with Gasteiger partial charge in [0.1, 0.15) is 0 Å². The number of carbonyl (C=O) groups is 2. The summed E-state index contributed by atoms with van der Waals surface area (Å²) in [6.07, 6.45) is 2.52. The van der Waals surface area contributed by atoms with Gasteiger partial charge in [0.25, 0.3) is 0 Å². The van der Waals surface area contributed by atoms with Crippen LogP contribution in [0.25, 0.3) is 0 Å². The van der Waals surface area contributed by atoms with Crippen molar-refractivity contribution < 1.29 is 9.59 Å². The molecule has 0 unspecified atom stereocenters. The van der Waals surface area contributed by atoms with Crippen molar-refractivity contribution in [3.05, 3.63) is 47.2 Å². The van der Waals surface area contributed by atoms with Gasteiger partial charge in [-0.2, -0.15) is 0 Å². The number of ketones is 1. The van der Waals surface area contributed by atoms with Crippen LogP contribution >= 0.6 is 23.1 Å². The lowest BCUT2D eigenvalue weighted by atomic mass is 9.69. The number of hydrogen-bond acceptors (Lipinski definition) is 6. The first-order valence-corrected chi connectivity index (χ1v) is 11.8. The zero-order valence-electron chi connectivity index (χ0n) is 17.0. The number of hydrogen-bond donors (Lipinski definition) is 0. The van der Waals surface area contributed by atoms with Gasteiger partial charge in [0.05, 0.1) is 0 Å².